The van der Waals surface area contributed by atoms with E-state index in [-0.39, 0.29) is 18.1 Å². The van der Waals surface area contributed by atoms with Gasteiger partial charge in [-0.1, -0.05) is 38.8 Å². The van der Waals surface area contributed by atoms with Gasteiger partial charge in [0.25, 0.3) is 0 Å². The van der Waals surface area contributed by atoms with E-state index in [1.165, 1.54) is 6.42 Å². The molecule has 4 nitrogen and oxygen atoms in total. The molecule has 0 amide bonds. The fourth-order valence-electron chi connectivity index (χ4n) is 2.93. The van der Waals surface area contributed by atoms with Crippen molar-refractivity contribution >= 4 is 10.0 Å². The van der Waals surface area contributed by atoms with Crippen molar-refractivity contribution in [1.29, 1.82) is 0 Å². The fourth-order valence-corrected chi connectivity index (χ4v) is 4.37. The molecule has 1 aromatic rings. The van der Waals surface area contributed by atoms with E-state index in [1.807, 2.05) is 0 Å². The zero-order valence-corrected chi connectivity index (χ0v) is 13.6. The molecule has 2 N–H and O–H groups in total. The van der Waals surface area contributed by atoms with Gasteiger partial charge in [-0.15, -0.1) is 0 Å². The first-order valence-electron chi connectivity index (χ1n) is 7.57. The molecule has 0 spiro atoms. The highest BCUT2D eigenvalue weighted by atomic mass is 32.2. The quantitative estimate of drug-likeness (QED) is 0.878. The normalized spacial score (nSPS) is 22.1. The molecule has 0 radical (unpaired) electrons. The predicted octanol–water partition coefficient (Wildman–Crippen LogP) is 2.47. The SMILES string of the molecule is CC1(C)CCCCC1NS(=O)(=O)c1ccc(CCO)cc1. The molecule has 1 fully saturated rings. The lowest BCUT2D eigenvalue weighted by molar-refractivity contribution is 0.188. The molecule has 0 aliphatic heterocycles. The lowest BCUT2D eigenvalue weighted by Gasteiger charge is -2.38. The summed E-state index contributed by atoms with van der Waals surface area (Å²) in [5.74, 6) is 0. The van der Waals surface area contributed by atoms with Gasteiger partial charge in [-0.25, -0.2) is 13.1 Å². The van der Waals surface area contributed by atoms with E-state index in [2.05, 4.69) is 18.6 Å². The van der Waals surface area contributed by atoms with Crippen molar-refractivity contribution in [2.45, 2.75) is 56.9 Å². The highest BCUT2D eigenvalue weighted by Crippen LogP contribution is 2.36. The maximum absolute atomic E-state index is 12.5. The first-order valence-corrected chi connectivity index (χ1v) is 9.06. The molecule has 21 heavy (non-hydrogen) atoms. The van der Waals surface area contributed by atoms with Gasteiger partial charge < -0.3 is 5.11 Å². The second-order valence-corrected chi connectivity index (χ2v) is 8.24. The van der Waals surface area contributed by atoms with Crippen LogP contribution in [0.15, 0.2) is 29.2 Å². The number of aliphatic hydroxyl groups excluding tert-OH is 1. The summed E-state index contributed by atoms with van der Waals surface area (Å²) in [5, 5.41) is 8.89. The molecule has 0 aromatic heterocycles. The lowest BCUT2D eigenvalue weighted by atomic mass is 9.74. The highest BCUT2D eigenvalue weighted by molar-refractivity contribution is 7.89. The molecule has 0 heterocycles. The summed E-state index contributed by atoms with van der Waals surface area (Å²) in [5.41, 5.74) is 0.941. The van der Waals surface area contributed by atoms with Crippen LogP contribution in [0.5, 0.6) is 0 Å². The molecular weight excluding hydrogens is 286 g/mol. The number of hydrogen-bond donors (Lipinski definition) is 2. The third kappa shape index (κ3) is 4.05. The molecule has 2 rings (SSSR count). The maximum Gasteiger partial charge on any atom is 0.240 e. The minimum Gasteiger partial charge on any atom is -0.396 e. The van der Waals surface area contributed by atoms with Gasteiger partial charge in [-0.2, -0.15) is 0 Å². The third-order valence-corrected chi connectivity index (χ3v) is 5.93. The van der Waals surface area contributed by atoms with Gasteiger partial charge in [0.2, 0.25) is 10.0 Å². The molecule has 0 bridgehead atoms. The molecule has 5 heteroatoms. The van der Waals surface area contributed by atoms with Crippen LogP contribution in [0.4, 0.5) is 0 Å². The standard InChI is InChI=1S/C16H25NO3S/c1-16(2)11-4-3-5-15(16)17-21(19,20)14-8-6-13(7-9-14)10-12-18/h6-9,15,17-18H,3-5,10-12H2,1-2H3. The number of benzene rings is 1. The van der Waals surface area contributed by atoms with Gasteiger partial charge in [0.05, 0.1) is 4.90 Å². The summed E-state index contributed by atoms with van der Waals surface area (Å²) in [6.07, 6.45) is 4.74. The van der Waals surface area contributed by atoms with Crippen molar-refractivity contribution in [1.82, 2.24) is 4.72 Å². The van der Waals surface area contributed by atoms with Crippen LogP contribution in [-0.2, 0) is 16.4 Å². The van der Waals surface area contributed by atoms with Crippen LogP contribution in [0.2, 0.25) is 0 Å². The van der Waals surface area contributed by atoms with Gasteiger partial charge in [-0.3, -0.25) is 0 Å². The van der Waals surface area contributed by atoms with Gasteiger partial charge >= 0.3 is 0 Å². The van der Waals surface area contributed by atoms with Crippen molar-refractivity contribution in [2.75, 3.05) is 6.61 Å². The van der Waals surface area contributed by atoms with E-state index in [4.69, 9.17) is 5.11 Å². The Hall–Kier alpha value is -0.910. The van der Waals surface area contributed by atoms with Crippen LogP contribution in [-0.4, -0.2) is 26.2 Å². The molecule has 1 aromatic carbocycles. The predicted molar refractivity (Wildman–Crippen MR) is 83.6 cm³/mol. The van der Waals surface area contributed by atoms with Crippen molar-refractivity contribution in [3.05, 3.63) is 29.8 Å². The van der Waals surface area contributed by atoms with E-state index < -0.39 is 10.0 Å². The minimum atomic E-state index is -3.48. The van der Waals surface area contributed by atoms with Crippen molar-refractivity contribution in [2.24, 2.45) is 5.41 Å². The van der Waals surface area contributed by atoms with Crippen LogP contribution in [0, 0.1) is 5.41 Å². The van der Waals surface area contributed by atoms with Crippen molar-refractivity contribution in [3.8, 4) is 0 Å². The lowest BCUT2D eigenvalue weighted by Crippen LogP contribution is -2.46. The van der Waals surface area contributed by atoms with Crippen molar-refractivity contribution < 1.29 is 13.5 Å². The number of nitrogens with one attached hydrogen (secondary N) is 1. The Labute approximate surface area is 127 Å². The van der Waals surface area contributed by atoms with Crippen LogP contribution in [0.25, 0.3) is 0 Å². The van der Waals surface area contributed by atoms with Gasteiger partial charge in [-0.05, 0) is 42.4 Å². The Morgan fingerprint density at radius 2 is 1.90 bits per heavy atom. The van der Waals surface area contributed by atoms with Crippen LogP contribution >= 0.6 is 0 Å². The van der Waals surface area contributed by atoms with E-state index >= 15 is 0 Å². The summed E-state index contributed by atoms with van der Waals surface area (Å²) in [6, 6.07) is 6.74. The Morgan fingerprint density at radius 3 is 2.48 bits per heavy atom. The van der Waals surface area contributed by atoms with E-state index in [1.54, 1.807) is 24.3 Å². The maximum atomic E-state index is 12.5. The summed E-state index contributed by atoms with van der Waals surface area (Å²) >= 11 is 0. The average Bonchev–Trinajstić information content (AvgIpc) is 2.42. The topological polar surface area (TPSA) is 66.4 Å². The molecular formula is C16H25NO3S. The number of aliphatic hydroxyl groups is 1. The first-order chi connectivity index (χ1) is 9.85. The monoisotopic (exact) mass is 311 g/mol. The molecule has 1 atom stereocenters. The van der Waals surface area contributed by atoms with Crippen molar-refractivity contribution in [3.63, 3.8) is 0 Å². The van der Waals surface area contributed by atoms with Crippen LogP contribution in [0.3, 0.4) is 0 Å². The molecule has 1 unspecified atom stereocenters. The molecule has 1 aliphatic carbocycles. The van der Waals surface area contributed by atoms with Gasteiger partial charge in [0.1, 0.15) is 0 Å². The highest BCUT2D eigenvalue weighted by Gasteiger charge is 2.35. The van der Waals surface area contributed by atoms with E-state index in [0.29, 0.717) is 11.3 Å². The molecule has 0 saturated heterocycles. The fraction of sp³-hybridized carbons (Fsp3) is 0.625. The Kier molecular flexibility index (Phi) is 5.07. The van der Waals surface area contributed by atoms with Gasteiger partial charge in [0, 0.05) is 12.6 Å². The molecule has 1 saturated carbocycles. The average molecular weight is 311 g/mol. The second-order valence-electron chi connectivity index (χ2n) is 6.53. The molecule has 1 aliphatic rings. The first kappa shape index (κ1) is 16.5. The Morgan fingerprint density at radius 1 is 1.24 bits per heavy atom. The summed E-state index contributed by atoms with van der Waals surface area (Å²) in [7, 11) is -3.48. The second kappa shape index (κ2) is 6.46. The third-order valence-electron chi connectivity index (χ3n) is 4.44. The minimum absolute atomic E-state index is 0.00213. The smallest absolute Gasteiger partial charge is 0.240 e. The Bertz CT molecular complexity index is 564. The van der Waals surface area contributed by atoms with E-state index in [9.17, 15) is 8.42 Å². The zero-order chi connectivity index (χ0) is 15.5. The summed E-state index contributed by atoms with van der Waals surface area (Å²) in [6.45, 7) is 4.33. The summed E-state index contributed by atoms with van der Waals surface area (Å²) in [4.78, 5) is 0.297. The molecule has 118 valence electrons. The van der Waals surface area contributed by atoms with Crippen LogP contribution in [0.1, 0.15) is 45.1 Å². The van der Waals surface area contributed by atoms with E-state index in [0.717, 1.165) is 24.8 Å². The van der Waals surface area contributed by atoms with Crippen LogP contribution < -0.4 is 4.72 Å². The largest absolute Gasteiger partial charge is 0.396 e. The number of sulfonamides is 1. The number of rotatable bonds is 5. The van der Waals surface area contributed by atoms with Gasteiger partial charge in [0.15, 0.2) is 0 Å². The Balaban J connectivity index is 2.14. The summed E-state index contributed by atoms with van der Waals surface area (Å²) < 4.78 is 27.9. The number of hydrogen-bond acceptors (Lipinski definition) is 3. The zero-order valence-electron chi connectivity index (χ0n) is 12.8.